The second-order valence-corrected chi connectivity index (χ2v) is 6.05. The van der Waals surface area contributed by atoms with Crippen LogP contribution in [0, 0.1) is 5.92 Å². The van der Waals surface area contributed by atoms with Crippen LogP contribution in [-0.2, 0) is 4.79 Å². The molecule has 0 spiro atoms. The zero-order valence-electron chi connectivity index (χ0n) is 11.5. The maximum absolute atomic E-state index is 11.9. The highest BCUT2D eigenvalue weighted by Gasteiger charge is 2.06. The Morgan fingerprint density at radius 2 is 1.95 bits per heavy atom. The lowest BCUT2D eigenvalue weighted by Gasteiger charge is -2.09. The van der Waals surface area contributed by atoms with Gasteiger partial charge in [0.15, 0.2) is 0 Å². The van der Waals surface area contributed by atoms with Crippen molar-refractivity contribution >= 4 is 38.3 Å². The van der Waals surface area contributed by atoms with E-state index in [-0.39, 0.29) is 5.91 Å². The van der Waals surface area contributed by atoms with Gasteiger partial charge in [-0.05, 0) is 53.9 Å². The maximum atomic E-state index is 11.9. The van der Waals surface area contributed by atoms with Crippen LogP contribution in [0.15, 0.2) is 40.9 Å². The number of anilines is 1. The number of nitrogens with two attached hydrogens (primary N) is 1. The fourth-order valence-electron chi connectivity index (χ4n) is 2.01. The van der Waals surface area contributed by atoms with Gasteiger partial charge < -0.3 is 11.1 Å². The molecule has 2 aromatic carbocycles. The Kier molecular flexibility index (Phi) is 5.15. The predicted octanol–water partition coefficient (Wildman–Crippen LogP) is 3.92. The second-order valence-electron chi connectivity index (χ2n) is 5.13. The minimum Gasteiger partial charge on any atom is -0.330 e. The summed E-state index contributed by atoms with van der Waals surface area (Å²) in [5, 5.41) is 5.20. The van der Waals surface area contributed by atoms with Crippen molar-refractivity contribution in [2.24, 2.45) is 11.7 Å². The quantitative estimate of drug-likeness (QED) is 0.870. The van der Waals surface area contributed by atoms with Gasteiger partial charge in [-0.1, -0.05) is 35.0 Å². The van der Waals surface area contributed by atoms with E-state index in [4.69, 9.17) is 5.73 Å². The van der Waals surface area contributed by atoms with Crippen LogP contribution in [-0.4, -0.2) is 12.5 Å². The standard InChI is InChI=1S/C16H19BrN2O/c1-11(10-18)2-7-16(20)19-15-6-4-12-8-14(17)5-3-13(12)9-15/h3-6,8-9,11H,2,7,10,18H2,1H3,(H,19,20). The van der Waals surface area contributed by atoms with Crippen LogP contribution < -0.4 is 11.1 Å². The molecular weight excluding hydrogens is 316 g/mol. The molecule has 1 atom stereocenters. The van der Waals surface area contributed by atoms with Crippen LogP contribution in [0.4, 0.5) is 5.69 Å². The molecule has 0 aliphatic rings. The molecular formula is C16H19BrN2O. The van der Waals surface area contributed by atoms with Crippen molar-refractivity contribution in [3.8, 4) is 0 Å². The number of benzene rings is 2. The largest absolute Gasteiger partial charge is 0.330 e. The van der Waals surface area contributed by atoms with E-state index < -0.39 is 0 Å². The Balaban J connectivity index is 2.02. The third kappa shape index (κ3) is 4.05. The Morgan fingerprint density at radius 1 is 1.25 bits per heavy atom. The summed E-state index contributed by atoms with van der Waals surface area (Å²) >= 11 is 3.45. The minimum absolute atomic E-state index is 0.0433. The first-order valence-corrected chi connectivity index (χ1v) is 7.57. The number of carbonyl (C=O) groups is 1. The van der Waals surface area contributed by atoms with Gasteiger partial charge >= 0.3 is 0 Å². The van der Waals surface area contributed by atoms with Gasteiger partial charge in [-0.2, -0.15) is 0 Å². The summed E-state index contributed by atoms with van der Waals surface area (Å²) in [4.78, 5) is 11.9. The van der Waals surface area contributed by atoms with Crippen molar-refractivity contribution in [2.45, 2.75) is 19.8 Å². The van der Waals surface area contributed by atoms with Gasteiger partial charge in [0.05, 0.1) is 0 Å². The first-order chi connectivity index (χ1) is 9.58. The molecule has 0 bridgehead atoms. The van der Waals surface area contributed by atoms with Crippen LogP contribution in [0.2, 0.25) is 0 Å². The Bertz CT molecular complexity index is 612. The van der Waals surface area contributed by atoms with E-state index in [1.165, 1.54) is 0 Å². The first-order valence-electron chi connectivity index (χ1n) is 6.77. The van der Waals surface area contributed by atoms with Gasteiger partial charge in [-0.3, -0.25) is 4.79 Å². The SMILES string of the molecule is CC(CN)CCC(=O)Nc1ccc2cc(Br)ccc2c1. The smallest absolute Gasteiger partial charge is 0.224 e. The van der Waals surface area contributed by atoms with E-state index in [9.17, 15) is 4.79 Å². The van der Waals surface area contributed by atoms with Crippen LogP contribution in [0.5, 0.6) is 0 Å². The summed E-state index contributed by atoms with van der Waals surface area (Å²) in [6.07, 6.45) is 1.33. The molecule has 3 nitrogen and oxygen atoms in total. The number of hydrogen-bond acceptors (Lipinski definition) is 2. The summed E-state index contributed by atoms with van der Waals surface area (Å²) in [6.45, 7) is 2.68. The maximum Gasteiger partial charge on any atom is 0.224 e. The molecule has 0 saturated carbocycles. The summed E-state index contributed by atoms with van der Waals surface area (Å²) in [5.41, 5.74) is 6.39. The first kappa shape index (κ1) is 15.0. The Morgan fingerprint density at radius 3 is 2.70 bits per heavy atom. The molecule has 3 N–H and O–H groups in total. The highest BCUT2D eigenvalue weighted by atomic mass is 79.9. The van der Waals surface area contributed by atoms with E-state index in [1.807, 2.05) is 30.3 Å². The highest BCUT2D eigenvalue weighted by molar-refractivity contribution is 9.10. The fraction of sp³-hybridized carbons (Fsp3) is 0.312. The van der Waals surface area contributed by atoms with Gasteiger partial charge in [-0.25, -0.2) is 0 Å². The molecule has 20 heavy (non-hydrogen) atoms. The average Bonchev–Trinajstić information content (AvgIpc) is 2.45. The number of rotatable bonds is 5. The van der Waals surface area contributed by atoms with E-state index in [2.05, 4.69) is 34.2 Å². The van der Waals surface area contributed by atoms with Crippen LogP contribution >= 0.6 is 15.9 Å². The third-order valence-electron chi connectivity index (χ3n) is 3.35. The normalized spacial score (nSPS) is 12.3. The zero-order valence-corrected chi connectivity index (χ0v) is 13.1. The number of hydrogen-bond donors (Lipinski definition) is 2. The fourth-order valence-corrected chi connectivity index (χ4v) is 2.39. The molecule has 4 heteroatoms. The van der Waals surface area contributed by atoms with E-state index >= 15 is 0 Å². The van der Waals surface area contributed by atoms with Crippen molar-refractivity contribution in [3.05, 3.63) is 40.9 Å². The molecule has 0 saturated heterocycles. The Labute approximate surface area is 127 Å². The van der Waals surface area contributed by atoms with Crippen molar-refractivity contribution in [1.29, 1.82) is 0 Å². The molecule has 0 aromatic heterocycles. The van der Waals surface area contributed by atoms with Crippen molar-refractivity contribution < 1.29 is 4.79 Å². The summed E-state index contributed by atoms with van der Waals surface area (Å²) in [6, 6.07) is 12.0. The summed E-state index contributed by atoms with van der Waals surface area (Å²) in [7, 11) is 0. The van der Waals surface area contributed by atoms with Gasteiger partial charge in [0, 0.05) is 16.6 Å². The van der Waals surface area contributed by atoms with Crippen molar-refractivity contribution in [3.63, 3.8) is 0 Å². The van der Waals surface area contributed by atoms with Gasteiger partial charge in [0.2, 0.25) is 5.91 Å². The van der Waals surface area contributed by atoms with E-state index in [0.717, 1.165) is 27.4 Å². The molecule has 0 heterocycles. The molecule has 1 amide bonds. The number of halogens is 1. The van der Waals surface area contributed by atoms with Crippen LogP contribution in [0.3, 0.4) is 0 Å². The molecule has 0 aliphatic heterocycles. The summed E-state index contributed by atoms with van der Waals surface area (Å²) in [5.74, 6) is 0.427. The van der Waals surface area contributed by atoms with E-state index in [1.54, 1.807) is 0 Å². The minimum atomic E-state index is 0.0433. The topological polar surface area (TPSA) is 55.1 Å². The van der Waals surface area contributed by atoms with Gasteiger partial charge in [0.25, 0.3) is 0 Å². The second kappa shape index (κ2) is 6.86. The molecule has 0 fully saturated rings. The molecule has 0 radical (unpaired) electrons. The lowest BCUT2D eigenvalue weighted by Crippen LogP contribution is -2.16. The van der Waals surface area contributed by atoms with Gasteiger partial charge in [-0.15, -0.1) is 0 Å². The van der Waals surface area contributed by atoms with Crippen LogP contribution in [0.25, 0.3) is 10.8 Å². The number of fused-ring (bicyclic) bond motifs is 1. The number of carbonyl (C=O) groups excluding carboxylic acids is 1. The van der Waals surface area contributed by atoms with Gasteiger partial charge in [0.1, 0.15) is 0 Å². The zero-order chi connectivity index (χ0) is 14.5. The number of nitrogens with one attached hydrogen (secondary N) is 1. The summed E-state index contributed by atoms with van der Waals surface area (Å²) < 4.78 is 1.05. The lowest BCUT2D eigenvalue weighted by atomic mass is 10.1. The lowest BCUT2D eigenvalue weighted by molar-refractivity contribution is -0.116. The van der Waals surface area contributed by atoms with Crippen LogP contribution in [0.1, 0.15) is 19.8 Å². The monoisotopic (exact) mass is 334 g/mol. The number of amides is 1. The highest BCUT2D eigenvalue weighted by Crippen LogP contribution is 2.23. The molecule has 2 aromatic rings. The third-order valence-corrected chi connectivity index (χ3v) is 3.85. The molecule has 1 unspecified atom stereocenters. The molecule has 106 valence electrons. The van der Waals surface area contributed by atoms with Crippen molar-refractivity contribution in [1.82, 2.24) is 0 Å². The van der Waals surface area contributed by atoms with Crippen molar-refractivity contribution in [2.75, 3.05) is 11.9 Å². The molecule has 0 aliphatic carbocycles. The predicted molar refractivity (Wildman–Crippen MR) is 87.7 cm³/mol. The molecule has 2 rings (SSSR count). The average molecular weight is 335 g/mol. The van der Waals surface area contributed by atoms with E-state index in [0.29, 0.717) is 18.9 Å². The Hall–Kier alpha value is -1.39.